The van der Waals surface area contributed by atoms with E-state index in [2.05, 4.69) is 53.4 Å². The van der Waals surface area contributed by atoms with Crippen LogP contribution >= 0.6 is 0 Å². The number of hydrogen-bond donors (Lipinski definition) is 0. The van der Waals surface area contributed by atoms with Gasteiger partial charge in [0.15, 0.2) is 0 Å². The maximum Gasteiger partial charge on any atom is 0.0967 e. The van der Waals surface area contributed by atoms with E-state index in [1.165, 1.54) is 37.1 Å². The molecule has 4 rings (SSSR count). The third-order valence-corrected chi connectivity index (χ3v) is 5.49. The number of rotatable bonds is 8. The highest BCUT2D eigenvalue weighted by Crippen LogP contribution is 2.35. The van der Waals surface area contributed by atoms with Gasteiger partial charge in [-0.1, -0.05) is 60.7 Å². The predicted molar refractivity (Wildman–Crippen MR) is 99.2 cm³/mol. The molecule has 2 aromatic rings. The minimum Gasteiger partial charge on any atom is -0.374 e. The van der Waals surface area contributed by atoms with Gasteiger partial charge >= 0.3 is 0 Å². The molecule has 0 saturated carbocycles. The summed E-state index contributed by atoms with van der Waals surface area (Å²) in [5.74, 6) is 0.863. The summed E-state index contributed by atoms with van der Waals surface area (Å²) in [6.07, 6.45) is 2.76. The van der Waals surface area contributed by atoms with Crippen LogP contribution in [0.25, 0.3) is 0 Å². The first kappa shape index (κ1) is 16.8. The largest absolute Gasteiger partial charge is 0.374 e. The zero-order valence-electron chi connectivity index (χ0n) is 14.7. The molecule has 3 heteroatoms. The summed E-state index contributed by atoms with van der Waals surface area (Å²) in [5, 5.41) is 0. The Labute approximate surface area is 150 Å². The van der Waals surface area contributed by atoms with Gasteiger partial charge in [0, 0.05) is 12.6 Å². The maximum absolute atomic E-state index is 6.34. The van der Waals surface area contributed by atoms with Crippen LogP contribution in [-0.4, -0.2) is 36.7 Å². The van der Waals surface area contributed by atoms with Gasteiger partial charge < -0.3 is 9.47 Å². The Morgan fingerprint density at radius 3 is 2.20 bits per heavy atom. The molecule has 0 radical (unpaired) electrons. The van der Waals surface area contributed by atoms with E-state index < -0.39 is 0 Å². The fourth-order valence-electron chi connectivity index (χ4n) is 4.15. The molecular formula is C22H27NO2. The van der Waals surface area contributed by atoms with Crippen LogP contribution in [0.3, 0.4) is 0 Å². The van der Waals surface area contributed by atoms with Crippen LogP contribution in [0.1, 0.15) is 24.0 Å². The molecule has 3 nitrogen and oxygen atoms in total. The van der Waals surface area contributed by atoms with E-state index in [4.69, 9.17) is 9.47 Å². The van der Waals surface area contributed by atoms with Crippen molar-refractivity contribution in [1.29, 1.82) is 0 Å². The molecule has 2 aliphatic heterocycles. The van der Waals surface area contributed by atoms with Gasteiger partial charge in [-0.3, -0.25) is 4.90 Å². The van der Waals surface area contributed by atoms with Crippen molar-refractivity contribution >= 4 is 0 Å². The second-order valence-corrected chi connectivity index (χ2v) is 7.29. The van der Waals surface area contributed by atoms with Crippen LogP contribution in [0.2, 0.25) is 0 Å². The van der Waals surface area contributed by atoms with Crippen molar-refractivity contribution in [2.45, 2.75) is 38.2 Å². The van der Waals surface area contributed by atoms with Gasteiger partial charge in [-0.25, -0.2) is 0 Å². The molecule has 2 fully saturated rings. The summed E-state index contributed by atoms with van der Waals surface area (Å²) >= 11 is 0. The van der Waals surface area contributed by atoms with Crippen molar-refractivity contribution in [2.75, 3.05) is 19.7 Å². The zero-order chi connectivity index (χ0) is 16.9. The third kappa shape index (κ3) is 4.30. The Hall–Kier alpha value is -1.68. The van der Waals surface area contributed by atoms with Gasteiger partial charge in [-0.2, -0.15) is 0 Å². The number of piperidine rings is 1. The zero-order valence-corrected chi connectivity index (χ0v) is 14.7. The molecule has 2 bridgehead atoms. The van der Waals surface area contributed by atoms with E-state index in [-0.39, 0.29) is 6.10 Å². The van der Waals surface area contributed by atoms with Gasteiger partial charge in [0.05, 0.1) is 25.9 Å². The lowest BCUT2D eigenvalue weighted by Crippen LogP contribution is -2.43. The molecular weight excluding hydrogens is 310 g/mol. The van der Waals surface area contributed by atoms with Crippen molar-refractivity contribution in [3.05, 3.63) is 71.8 Å². The van der Waals surface area contributed by atoms with Crippen LogP contribution in [-0.2, 0) is 22.7 Å². The lowest BCUT2D eigenvalue weighted by Gasteiger charge is -2.32. The van der Waals surface area contributed by atoms with Gasteiger partial charge in [0.2, 0.25) is 0 Å². The maximum atomic E-state index is 6.34. The highest BCUT2D eigenvalue weighted by Gasteiger charge is 2.41. The average Bonchev–Trinajstić information content (AvgIpc) is 3.30. The number of nitrogens with zero attached hydrogens (tertiary/aromatic N) is 1. The smallest absolute Gasteiger partial charge is 0.0967 e. The Kier molecular flexibility index (Phi) is 5.46. The van der Waals surface area contributed by atoms with E-state index >= 15 is 0 Å². The summed E-state index contributed by atoms with van der Waals surface area (Å²) in [5.41, 5.74) is 2.45. The monoisotopic (exact) mass is 337 g/mol. The molecule has 132 valence electrons. The van der Waals surface area contributed by atoms with Gasteiger partial charge in [-0.05, 0) is 36.4 Å². The van der Waals surface area contributed by atoms with E-state index in [9.17, 15) is 0 Å². The topological polar surface area (TPSA) is 21.7 Å². The molecule has 2 saturated heterocycles. The molecule has 0 aliphatic carbocycles. The first-order valence-corrected chi connectivity index (χ1v) is 9.40. The average molecular weight is 337 g/mol. The van der Waals surface area contributed by atoms with Crippen molar-refractivity contribution in [1.82, 2.24) is 4.90 Å². The quantitative estimate of drug-likeness (QED) is 0.729. The highest BCUT2D eigenvalue weighted by molar-refractivity contribution is 5.14. The summed E-state index contributed by atoms with van der Waals surface area (Å²) in [7, 11) is 0. The predicted octanol–water partition coefficient (Wildman–Crippen LogP) is 3.88. The molecule has 25 heavy (non-hydrogen) atoms. The molecule has 0 N–H and O–H groups in total. The molecule has 2 aliphatic rings. The van der Waals surface area contributed by atoms with E-state index in [0.717, 1.165) is 5.92 Å². The van der Waals surface area contributed by atoms with Crippen LogP contribution in [0.5, 0.6) is 0 Å². The van der Waals surface area contributed by atoms with Crippen molar-refractivity contribution in [3.8, 4) is 0 Å². The highest BCUT2D eigenvalue weighted by atomic mass is 16.5. The van der Waals surface area contributed by atoms with E-state index in [0.29, 0.717) is 25.9 Å². The van der Waals surface area contributed by atoms with Crippen LogP contribution in [0.15, 0.2) is 60.7 Å². The van der Waals surface area contributed by atoms with Gasteiger partial charge in [-0.15, -0.1) is 0 Å². The third-order valence-electron chi connectivity index (χ3n) is 5.49. The minimum atomic E-state index is 0.147. The fraction of sp³-hybridized carbons (Fsp3) is 0.455. The standard InChI is InChI=1S/C22H27NO2/c1-3-7-18(8-4-1)15-24-17-22(21-13-20-11-12-23(21)14-20)25-16-19-9-5-2-6-10-19/h1-10,20-22H,11-17H2/t20-,21-,22-/m1/s1. The minimum absolute atomic E-state index is 0.147. The second-order valence-electron chi connectivity index (χ2n) is 7.29. The number of ether oxygens (including phenoxy) is 2. The molecule has 2 aromatic carbocycles. The number of benzene rings is 2. The summed E-state index contributed by atoms with van der Waals surface area (Å²) in [6, 6.07) is 21.3. The fourth-order valence-corrected chi connectivity index (χ4v) is 4.15. The second kappa shape index (κ2) is 8.13. The lowest BCUT2D eigenvalue weighted by atomic mass is 9.97. The summed E-state index contributed by atoms with van der Waals surface area (Å²) in [4.78, 5) is 2.60. The first-order valence-electron chi connectivity index (χ1n) is 9.40. The normalized spacial score (nSPS) is 26.0. The molecule has 4 atom stereocenters. The van der Waals surface area contributed by atoms with Gasteiger partial charge in [0.25, 0.3) is 0 Å². The Morgan fingerprint density at radius 1 is 0.920 bits per heavy atom. The van der Waals surface area contributed by atoms with Crippen molar-refractivity contribution < 1.29 is 9.47 Å². The molecule has 0 amide bonds. The molecule has 0 aromatic heterocycles. The Morgan fingerprint density at radius 2 is 1.60 bits per heavy atom. The van der Waals surface area contributed by atoms with E-state index in [1.807, 2.05) is 12.1 Å². The Bertz CT molecular complexity index is 646. The van der Waals surface area contributed by atoms with Crippen LogP contribution < -0.4 is 0 Å². The SMILES string of the molecule is c1ccc(COC[C@@H](OCc2ccccc2)[C@H]2C[C@H]3CCN2C3)cc1. The van der Waals surface area contributed by atoms with E-state index in [1.54, 1.807) is 0 Å². The summed E-state index contributed by atoms with van der Waals surface area (Å²) < 4.78 is 12.4. The van der Waals surface area contributed by atoms with Crippen molar-refractivity contribution in [3.63, 3.8) is 0 Å². The van der Waals surface area contributed by atoms with Crippen molar-refractivity contribution in [2.24, 2.45) is 5.92 Å². The first-order chi connectivity index (χ1) is 12.4. The number of fused-ring (bicyclic) bond motifs is 2. The van der Waals surface area contributed by atoms with Crippen LogP contribution in [0, 0.1) is 5.92 Å². The lowest BCUT2D eigenvalue weighted by molar-refractivity contribution is -0.0665. The van der Waals surface area contributed by atoms with Gasteiger partial charge in [0.1, 0.15) is 0 Å². The molecule has 2 heterocycles. The van der Waals surface area contributed by atoms with Crippen LogP contribution in [0.4, 0.5) is 0 Å². The summed E-state index contributed by atoms with van der Waals surface area (Å²) in [6.45, 7) is 4.45. The molecule has 1 unspecified atom stereocenters. The molecule has 0 spiro atoms. The number of hydrogen-bond acceptors (Lipinski definition) is 3. The Balaban J connectivity index is 1.35.